The van der Waals surface area contributed by atoms with Crippen molar-refractivity contribution in [2.75, 3.05) is 19.7 Å². The van der Waals surface area contributed by atoms with Gasteiger partial charge in [-0.15, -0.1) is 11.8 Å². The third kappa shape index (κ3) is 5.39. The van der Waals surface area contributed by atoms with E-state index in [2.05, 4.69) is 5.16 Å². The van der Waals surface area contributed by atoms with Crippen LogP contribution in [0.5, 0.6) is 0 Å². The van der Waals surface area contributed by atoms with Gasteiger partial charge in [-0.25, -0.2) is 4.79 Å². The van der Waals surface area contributed by atoms with Gasteiger partial charge in [0.25, 0.3) is 5.91 Å². The van der Waals surface area contributed by atoms with Crippen LogP contribution in [0.15, 0.2) is 33.7 Å². The Labute approximate surface area is 174 Å². The van der Waals surface area contributed by atoms with E-state index in [0.29, 0.717) is 24.4 Å². The second-order valence-corrected chi connectivity index (χ2v) is 8.24. The van der Waals surface area contributed by atoms with Crippen LogP contribution in [0.1, 0.15) is 41.2 Å². The average molecular weight is 419 g/mol. The molecule has 156 valence electrons. The molecule has 2 atom stereocenters. The maximum Gasteiger partial charge on any atom is 0.339 e. The van der Waals surface area contributed by atoms with E-state index in [1.54, 1.807) is 17.0 Å². The first-order valence-electron chi connectivity index (χ1n) is 9.59. The number of carbonyl (C=O) groups excluding carboxylic acids is 2. The van der Waals surface area contributed by atoms with Crippen LogP contribution in [0.3, 0.4) is 0 Å². The molecule has 0 bridgehead atoms. The Morgan fingerprint density at radius 3 is 2.55 bits per heavy atom. The van der Waals surface area contributed by atoms with Gasteiger partial charge in [0.05, 0.1) is 23.5 Å². The zero-order valence-electron chi connectivity index (χ0n) is 17.1. The number of hydrogen-bond donors (Lipinski definition) is 0. The van der Waals surface area contributed by atoms with Gasteiger partial charge in [-0.2, -0.15) is 0 Å². The number of rotatable bonds is 6. The van der Waals surface area contributed by atoms with E-state index in [0.717, 1.165) is 21.9 Å². The standard InChI is InChI=1S/C21H26N2O5S/c1-13-9-23(10-14(2)27-13)20(24)11-26-21(25)17-7-5-6-8-19(17)29-12-18-15(3)22-28-16(18)4/h5-8,13-14H,9-12H2,1-4H3/t13-,14+. The number of carbonyl (C=O) groups is 2. The van der Waals surface area contributed by atoms with Gasteiger partial charge in [0.15, 0.2) is 6.61 Å². The van der Waals surface area contributed by atoms with Crippen molar-refractivity contribution in [3.8, 4) is 0 Å². The zero-order chi connectivity index (χ0) is 21.0. The molecule has 1 aliphatic heterocycles. The van der Waals surface area contributed by atoms with Crippen LogP contribution >= 0.6 is 11.8 Å². The van der Waals surface area contributed by atoms with Crippen LogP contribution in [0.25, 0.3) is 0 Å². The van der Waals surface area contributed by atoms with Gasteiger partial charge in [0.2, 0.25) is 0 Å². The Kier molecular flexibility index (Phi) is 6.97. The fourth-order valence-electron chi connectivity index (χ4n) is 3.30. The first kappa shape index (κ1) is 21.4. The number of amides is 1. The van der Waals surface area contributed by atoms with E-state index in [4.69, 9.17) is 14.0 Å². The lowest BCUT2D eigenvalue weighted by Gasteiger charge is -2.35. The van der Waals surface area contributed by atoms with Crippen LogP contribution < -0.4 is 0 Å². The van der Waals surface area contributed by atoms with Crippen molar-refractivity contribution in [2.45, 2.75) is 50.6 Å². The van der Waals surface area contributed by atoms with Crippen molar-refractivity contribution in [2.24, 2.45) is 0 Å². The molecule has 2 aromatic rings. The van der Waals surface area contributed by atoms with Crippen molar-refractivity contribution in [1.82, 2.24) is 10.1 Å². The van der Waals surface area contributed by atoms with Crippen molar-refractivity contribution in [1.29, 1.82) is 0 Å². The number of aryl methyl sites for hydroxylation is 2. The molecule has 0 radical (unpaired) electrons. The van der Waals surface area contributed by atoms with Crippen molar-refractivity contribution in [3.63, 3.8) is 0 Å². The van der Waals surface area contributed by atoms with Gasteiger partial charge in [0, 0.05) is 29.3 Å². The summed E-state index contributed by atoms with van der Waals surface area (Å²) in [6.45, 7) is 8.35. The summed E-state index contributed by atoms with van der Waals surface area (Å²) in [4.78, 5) is 27.5. The van der Waals surface area contributed by atoms with E-state index < -0.39 is 5.97 Å². The molecule has 2 heterocycles. The van der Waals surface area contributed by atoms with Crippen molar-refractivity contribution in [3.05, 3.63) is 46.8 Å². The number of thioether (sulfide) groups is 1. The van der Waals surface area contributed by atoms with Crippen LogP contribution in [0.4, 0.5) is 0 Å². The van der Waals surface area contributed by atoms with E-state index >= 15 is 0 Å². The third-order valence-electron chi connectivity index (χ3n) is 4.76. The van der Waals surface area contributed by atoms with Crippen molar-refractivity contribution < 1.29 is 23.6 Å². The Morgan fingerprint density at radius 2 is 1.90 bits per heavy atom. The number of esters is 1. The lowest BCUT2D eigenvalue weighted by atomic mass is 10.2. The van der Waals surface area contributed by atoms with Gasteiger partial charge >= 0.3 is 5.97 Å². The van der Waals surface area contributed by atoms with Crippen LogP contribution in [0.2, 0.25) is 0 Å². The molecule has 0 saturated carbocycles. The maximum absolute atomic E-state index is 12.6. The van der Waals surface area contributed by atoms with E-state index in [-0.39, 0.29) is 24.7 Å². The second-order valence-electron chi connectivity index (χ2n) is 7.22. The normalized spacial score (nSPS) is 19.2. The molecular weight excluding hydrogens is 392 g/mol. The highest BCUT2D eigenvalue weighted by atomic mass is 32.2. The number of ether oxygens (including phenoxy) is 2. The SMILES string of the molecule is Cc1noc(C)c1CSc1ccccc1C(=O)OCC(=O)N1C[C@@H](C)O[C@@H](C)C1. The summed E-state index contributed by atoms with van der Waals surface area (Å²) in [5, 5.41) is 3.96. The average Bonchev–Trinajstić information content (AvgIpc) is 3.01. The Hall–Kier alpha value is -2.32. The highest BCUT2D eigenvalue weighted by molar-refractivity contribution is 7.98. The largest absolute Gasteiger partial charge is 0.452 e. The third-order valence-corrected chi connectivity index (χ3v) is 5.86. The molecule has 1 saturated heterocycles. The molecule has 0 N–H and O–H groups in total. The second kappa shape index (κ2) is 9.45. The predicted molar refractivity (Wildman–Crippen MR) is 109 cm³/mol. The van der Waals surface area contributed by atoms with Gasteiger partial charge in [-0.05, 0) is 39.8 Å². The first-order valence-corrected chi connectivity index (χ1v) is 10.6. The molecule has 0 aliphatic carbocycles. The highest BCUT2D eigenvalue weighted by Gasteiger charge is 2.26. The zero-order valence-corrected chi connectivity index (χ0v) is 18.0. The monoisotopic (exact) mass is 418 g/mol. The number of morpholine rings is 1. The minimum absolute atomic E-state index is 0.0279. The molecule has 1 aliphatic rings. The van der Waals surface area contributed by atoms with Gasteiger partial charge in [0.1, 0.15) is 5.76 Å². The summed E-state index contributed by atoms with van der Waals surface area (Å²) in [5.74, 6) is 0.693. The van der Waals surface area contributed by atoms with Crippen LogP contribution in [0, 0.1) is 13.8 Å². The molecular formula is C21H26N2O5S. The fourth-order valence-corrected chi connectivity index (χ4v) is 4.49. The molecule has 29 heavy (non-hydrogen) atoms. The molecule has 3 rings (SSSR count). The molecule has 0 unspecified atom stereocenters. The smallest absolute Gasteiger partial charge is 0.339 e. The summed E-state index contributed by atoms with van der Waals surface area (Å²) >= 11 is 1.51. The lowest BCUT2D eigenvalue weighted by Crippen LogP contribution is -2.49. The molecule has 1 aromatic heterocycles. The quantitative estimate of drug-likeness (QED) is 0.525. The van der Waals surface area contributed by atoms with E-state index in [1.807, 2.05) is 39.8 Å². The molecule has 1 amide bonds. The highest BCUT2D eigenvalue weighted by Crippen LogP contribution is 2.29. The summed E-state index contributed by atoms with van der Waals surface area (Å²) in [6, 6.07) is 7.23. The molecule has 8 heteroatoms. The maximum atomic E-state index is 12.6. The predicted octanol–water partition coefficient (Wildman–Crippen LogP) is 3.38. The van der Waals surface area contributed by atoms with Crippen LogP contribution in [-0.2, 0) is 20.0 Å². The van der Waals surface area contributed by atoms with E-state index in [9.17, 15) is 9.59 Å². The van der Waals surface area contributed by atoms with Gasteiger partial charge in [-0.3, -0.25) is 4.79 Å². The topological polar surface area (TPSA) is 81.9 Å². The Balaban J connectivity index is 1.60. The molecule has 1 aromatic carbocycles. The summed E-state index contributed by atoms with van der Waals surface area (Å²) < 4.78 is 16.2. The molecule has 7 nitrogen and oxygen atoms in total. The Bertz CT molecular complexity index is 852. The van der Waals surface area contributed by atoms with Crippen molar-refractivity contribution >= 4 is 23.6 Å². The summed E-state index contributed by atoms with van der Waals surface area (Å²) in [6.07, 6.45) is -0.0558. The fraction of sp³-hybridized carbons (Fsp3) is 0.476. The lowest BCUT2D eigenvalue weighted by molar-refractivity contribution is -0.146. The van der Waals surface area contributed by atoms with E-state index in [1.165, 1.54) is 11.8 Å². The number of nitrogens with zero attached hydrogens (tertiary/aromatic N) is 2. The molecule has 0 spiro atoms. The van der Waals surface area contributed by atoms with Crippen LogP contribution in [-0.4, -0.2) is 53.8 Å². The number of aromatic nitrogens is 1. The first-order chi connectivity index (χ1) is 13.8. The number of benzene rings is 1. The molecule has 1 fully saturated rings. The minimum Gasteiger partial charge on any atom is -0.452 e. The minimum atomic E-state index is -0.505. The number of hydrogen-bond acceptors (Lipinski definition) is 7. The Morgan fingerprint density at radius 1 is 1.21 bits per heavy atom. The summed E-state index contributed by atoms with van der Waals surface area (Å²) in [5.41, 5.74) is 2.30. The van der Waals surface area contributed by atoms with Gasteiger partial charge in [-0.1, -0.05) is 17.3 Å². The summed E-state index contributed by atoms with van der Waals surface area (Å²) in [7, 11) is 0. The van der Waals surface area contributed by atoms with Gasteiger partial charge < -0.3 is 18.9 Å².